The van der Waals surface area contributed by atoms with Crippen molar-refractivity contribution in [3.63, 3.8) is 0 Å². The predicted molar refractivity (Wildman–Crippen MR) is 50.1 cm³/mol. The lowest BCUT2D eigenvalue weighted by atomic mass is 10.2. The van der Waals surface area contributed by atoms with E-state index < -0.39 is 6.09 Å². The number of hydrogen-bond acceptors (Lipinski definition) is 2. The molecular weight excluding hydrogens is 166 g/mol. The normalized spacial score (nSPS) is 14.9. The molecule has 0 N–H and O–H groups in total. The summed E-state index contributed by atoms with van der Waals surface area (Å²) in [6.07, 6.45) is -1.08. The van der Waals surface area contributed by atoms with Crippen molar-refractivity contribution in [1.82, 2.24) is 4.48 Å². The molecule has 0 fully saturated rings. The van der Waals surface area contributed by atoms with Crippen LogP contribution in [0, 0.1) is 0 Å². The second kappa shape index (κ2) is 3.58. The van der Waals surface area contributed by atoms with Gasteiger partial charge >= 0.3 is 0 Å². The van der Waals surface area contributed by atoms with E-state index in [9.17, 15) is 9.90 Å². The molecule has 0 bridgehead atoms. The van der Waals surface area contributed by atoms with E-state index in [1.807, 2.05) is 25.1 Å². The van der Waals surface area contributed by atoms with E-state index in [1.54, 1.807) is 19.2 Å². The van der Waals surface area contributed by atoms with Crippen LogP contribution in [0.15, 0.2) is 30.3 Å². The molecule has 0 aliphatic rings. The first-order valence-electron chi connectivity index (χ1n) is 4.24. The molecule has 0 radical (unpaired) electrons. The summed E-state index contributed by atoms with van der Waals surface area (Å²) in [7, 11) is 1.63. The van der Waals surface area contributed by atoms with Crippen molar-refractivity contribution in [2.45, 2.75) is 6.92 Å². The van der Waals surface area contributed by atoms with Gasteiger partial charge in [0.1, 0.15) is 5.69 Å². The Bertz CT molecular complexity index is 297. The van der Waals surface area contributed by atoms with Gasteiger partial charge in [-0.3, -0.25) is 0 Å². The number of carbonyl (C=O) groups is 1. The first-order chi connectivity index (χ1) is 6.11. The molecule has 1 aromatic carbocycles. The van der Waals surface area contributed by atoms with E-state index in [1.165, 1.54) is 0 Å². The van der Waals surface area contributed by atoms with Crippen molar-refractivity contribution < 1.29 is 9.90 Å². The zero-order valence-corrected chi connectivity index (χ0v) is 7.86. The third-order valence-corrected chi connectivity index (χ3v) is 2.36. The van der Waals surface area contributed by atoms with E-state index in [0.717, 1.165) is 5.69 Å². The van der Waals surface area contributed by atoms with Crippen molar-refractivity contribution in [3.8, 4) is 0 Å². The Hall–Kier alpha value is -1.35. The van der Waals surface area contributed by atoms with Crippen LogP contribution in [0.1, 0.15) is 6.92 Å². The van der Waals surface area contributed by atoms with Crippen molar-refractivity contribution in [2.24, 2.45) is 0 Å². The second-order valence-corrected chi connectivity index (χ2v) is 3.11. The number of para-hydroxylation sites is 1. The monoisotopic (exact) mass is 179 g/mol. The van der Waals surface area contributed by atoms with Gasteiger partial charge in [0.2, 0.25) is 0 Å². The van der Waals surface area contributed by atoms with Gasteiger partial charge in [-0.15, -0.1) is 0 Å². The average molecular weight is 179 g/mol. The largest absolute Gasteiger partial charge is 0.498 e. The fourth-order valence-corrected chi connectivity index (χ4v) is 1.17. The summed E-state index contributed by atoms with van der Waals surface area (Å²) < 4.78 is -0.180. The van der Waals surface area contributed by atoms with E-state index in [-0.39, 0.29) is 4.48 Å². The molecule has 0 saturated heterocycles. The lowest BCUT2D eigenvalue weighted by Crippen LogP contribution is -2.57. The molecule has 3 heteroatoms. The fraction of sp³-hybridized carbons (Fsp3) is 0.300. The molecule has 0 aliphatic heterocycles. The van der Waals surface area contributed by atoms with Crippen LogP contribution >= 0.6 is 0 Å². The van der Waals surface area contributed by atoms with Crippen molar-refractivity contribution in [2.75, 3.05) is 13.6 Å². The SMILES string of the molecule is CC[N+](C)(C(=O)[O-])c1ccccc1. The summed E-state index contributed by atoms with van der Waals surface area (Å²) in [4.78, 5) is 10.9. The summed E-state index contributed by atoms with van der Waals surface area (Å²) in [5, 5.41) is 10.9. The van der Waals surface area contributed by atoms with Gasteiger partial charge in [0, 0.05) is 0 Å². The molecule has 3 nitrogen and oxygen atoms in total. The summed E-state index contributed by atoms with van der Waals surface area (Å²) in [5.41, 5.74) is 0.741. The molecule has 0 aliphatic carbocycles. The van der Waals surface area contributed by atoms with Crippen molar-refractivity contribution in [3.05, 3.63) is 30.3 Å². The maximum atomic E-state index is 10.9. The maximum Gasteiger partial charge on any atom is 0.262 e. The van der Waals surface area contributed by atoms with Crippen LogP contribution in [0.3, 0.4) is 0 Å². The van der Waals surface area contributed by atoms with E-state index in [2.05, 4.69) is 0 Å². The highest BCUT2D eigenvalue weighted by Gasteiger charge is 2.24. The first-order valence-corrected chi connectivity index (χ1v) is 4.24. The molecule has 0 aromatic heterocycles. The van der Waals surface area contributed by atoms with E-state index in [0.29, 0.717) is 6.54 Å². The molecule has 0 heterocycles. The van der Waals surface area contributed by atoms with E-state index in [4.69, 9.17) is 0 Å². The van der Waals surface area contributed by atoms with Gasteiger partial charge in [-0.1, -0.05) is 18.2 Å². The third-order valence-electron chi connectivity index (χ3n) is 2.36. The number of amides is 1. The minimum atomic E-state index is -1.08. The number of benzene rings is 1. The van der Waals surface area contributed by atoms with Gasteiger partial charge in [-0.2, -0.15) is 0 Å². The highest BCUT2D eigenvalue weighted by atomic mass is 16.4. The highest BCUT2D eigenvalue weighted by Crippen LogP contribution is 2.19. The standard InChI is InChI=1S/C10H13NO2/c1-3-11(2,10(12)13)9-7-5-4-6-8-9/h4-8H,3H2,1-2H3. The summed E-state index contributed by atoms with van der Waals surface area (Å²) in [6, 6.07) is 9.09. The zero-order chi connectivity index (χ0) is 9.90. The number of nitrogens with zero attached hydrogens (tertiary/aromatic N) is 1. The Morgan fingerprint density at radius 2 is 1.92 bits per heavy atom. The molecule has 13 heavy (non-hydrogen) atoms. The van der Waals surface area contributed by atoms with Gasteiger partial charge in [0.25, 0.3) is 6.09 Å². The first kappa shape index (κ1) is 9.74. The van der Waals surface area contributed by atoms with E-state index >= 15 is 0 Å². The minimum Gasteiger partial charge on any atom is -0.498 e. The topological polar surface area (TPSA) is 40.1 Å². The average Bonchev–Trinajstić information content (AvgIpc) is 2.17. The number of quaternary nitrogens is 1. The molecule has 1 aromatic rings. The smallest absolute Gasteiger partial charge is 0.262 e. The maximum absolute atomic E-state index is 10.9. The fourth-order valence-electron chi connectivity index (χ4n) is 1.17. The molecule has 0 spiro atoms. The predicted octanol–water partition coefficient (Wildman–Crippen LogP) is 0.987. The second-order valence-electron chi connectivity index (χ2n) is 3.11. The Morgan fingerprint density at radius 1 is 1.38 bits per heavy atom. The van der Waals surface area contributed by atoms with Crippen molar-refractivity contribution in [1.29, 1.82) is 0 Å². The molecule has 0 saturated carbocycles. The Kier molecular flexibility index (Phi) is 2.68. The van der Waals surface area contributed by atoms with Crippen LogP contribution in [0.5, 0.6) is 0 Å². The third kappa shape index (κ3) is 1.70. The van der Waals surface area contributed by atoms with Crippen LogP contribution in [-0.2, 0) is 0 Å². The van der Waals surface area contributed by atoms with Crippen molar-refractivity contribution >= 4 is 11.8 Å². The molecule has 1 unspecified atom stereocenters. The lowest BCUT2D eigenvalue weighted by Gasteiger charge is -2.31. The minimum absolute atomic E-state index is 0.180. The Labute approximate surface area is 77.8 Å². The number of rotatable bonds is 2. The highest BCUT2D eigenvalue weighted by molar-refractivity contribution is 5.78. The van der Waals surface area contributed by atoms with Crippen LogP contribution < -0.4 is 9.59 Å². The number of carbonyl (C=O) groups excluding carboxylic acids is 1. The van der Waals surface area contributed by atoms with Gasteiger partial charge in [0.15, 0.2) is 0 Å². The van der Waals surface area contributed by atoms with Crippen LogP contribution in [0.25, 0.3) is 0 Å². The van der Waals surface area contributed by atoms with Gasteiger partial charge in [-0.05, 0) is 19.1 Å². The lowest BCUT2D eigenvalue weighted by molar-refractivity contribution is -0.262. The van der Waals surface area contributed by atoms with Gasteiger partial charge in [0.05, 0.1) is 13.6 Å². The molecule has 1 atom stereocenters. The van der Waals surface area contributed by atoms with Crippen LogP contribution in [-0.4, -0.2) is 19.7 Å². The van der Waals surface area contributed by atoms with Crippen LogP contribution in [0.2, 0.25) is 0 Å². The van der Waals surface area contributed by atoms with Crippen LogP contribution in [0.4, 0.5) is 10.5 Å². The molecule has 1 rings (SSSR count). The zero-order valence-electron chi connectivity index (χ0n) is 7.86. The number of carboxylic acid groups (broad SMARTS) is 1. The quantitative estimate of drug-likeness (QED) is 0.635. The van der Waals surface area contributed by atoms with Gasteiger partial charge in [-0.25, -0.2) is 4.48 Å². The summed E-state index contributed by atoms with van der Waals surface area (Å²) in [6.45, 7) is 2.30. The Balaban J connectivity index is 3.11. The Morgan fingerprint density at radius 3 is 2.31 bits per heavy atom. The summed E-state index contributed by atoms with van der Waals surface area (Å²) in [5.74, 6) is 0. The molecule has 1 amide bonds. The molecule has 70 valence electrons. The van der Waals surface area contributed by atoms with Gasteiger partial charge < -0.3 is 9.90 Å². The molecular formula is C10H13NO2. The number of hydrogen-bond donors (Lipinski definition) is 0. The summed E-state index contributed by atoms with van der Waals surface area (Å²) >= 11 is 0.